The first-order valence-corrected chi connectivity index (χ1v) is 9.02. The van der Waals surface area contributed by atoms with Crippen LogP contribution in [0, 0.1) is 0 Å². The van der Waals surface area contributed by atoms with Crippen LogP contribution in [0.4, 0.5) is 0 Å². The molecule has 0 fully saturated rings. The number of hydrogen-bond acceptors (Lipinski definition) is 5. The maximum Gasteiger partial charge on any atom is 0.251 e. The molecule has 0 radical (unpaired) electrons. The van der Waals surface area contributed by atoms with Crippen LogP contribution in [0.5, 0.6) is 17.2 Å². The Labute approximate surface area is 161 Å². The van der Waals surface area contributed by atoms with Gasteiger partial charge in [-0.3, -0.25) is 9.59 Å². The fourth-order valence-electron chi connectivity index (χ4n) is 3.13. The van der Waals surface area contributed by atoms with Gasteiger partial charge in [0.1, 0.15) is 19.0 Å². The van der Waals surface area contributed by atoms with Crippen molar-refractivity contribution in [1.82, 2.24) is 10.3 Å². The molecule has 0 spiro atoms. The van der Waals surface area contributed by atoms with Crippen LogP contribution in [-0.2, 0) is 6.42 Å². The van der Waals surface area contributed by atoms with Crippen LogP contribution in [0.3, 0.4) is 0 Å². The Morgan fingerprint density at radius 1 is 1.11 bits per heavy atom. The summed E-state index contributed by atoms with van der Waals surface area (Å²) in [5.41, 5.74) is 1.65. The number of benzene rings is 2. The standard InChI is InChI=1S/C21H20N2O5/c1-26-16-4-2-13(3-5-16)20(24)22-7-6-14-10-15-11-18-19(28-9-8-27-18)12-17(15)23-21(14)25/h2-5,10-12H,6-9H2,1H3,(H,22,24)(H,23,25). The molecule has 1 amide bonds. The first kappa shape index (κ1) is 17.9. The third-order valence-corrected chi connectivity index (χ3v) is 4.62. The summed E-state index contributed by atoms with van der Waals surface area (Å²) in [6, 6.07) is 12.3. The number of carbonyl (C=O) groups is 1. The van der Waals surface area contributed by atoms with Crippen LogP contribution in [0.15, 0.2) is 47.3 Å². The van der Waals surface area contributed by atoms with Crippen molar-refractivity contribution in [2.45, 2.75) is 6.42 Å². The summed E-state index contributed by atoms with van der Waals surface area (Å²) in [6.45, 7) is 1.35. The van der Waals surface area contributed by atoms with Crippen molar-refractivity contribution >= 4 is 16.8 Å². The minimum absolute atomic E-state index is 0.178. The van der Waals surface area contributed by atoms with Gasteiger partial charge < -0.3 is 24.5 Å². The number of methoxy groups -OCH3 is 1. The minimum Gasteiger partial charge on any atom is -0.497 e. The van der Waals surface area contributed by atoms with Crippen molar-refractivity contribution in [2.75, 3.05) is 26.9 Å². The molecule has 7 nitrogen and oxygen atoms in total. The van der Waals surface area contributed by atoms with E-state index in [2.05, 4.69) is 10.3 Å². The molecular formula is C21H20N2O5. The highest BCUT2D eigenvalue weighted by Gasteiger charge is 2.14. The van der Waals surface area contributed by atoms with E-state index in [9.17, 15) is 9.59 Å². The zero-order valence-electron chi connectivity index (χ0n) is 15.4. The number of ether oxygens (including phenoxy) is 3. The highest BCUT2D eigenvalue weighted by atomic mass is 16.6. The number of fused-ring (bicyclic) bond motifs is 2. The van der Waals surface area contributed by atoms with Crippen LogP contribution in [0.1, 0.15) is 15.9 Å². The van der Waals surface area contributed by atoms with Crippen molar-refractivity contribution in [1.29, 1.82) is 0 Å². The molecule has 7 heteroatoms. The van der Waals surface area contributed by atoms with Gasteiger partial charge in [-0.25, -0.2) is 0 Å². The number of amides is 1. The highest BCUT2D eigenvalue weighted by Crippen LogP contribution is 2.33. The second-order valence-corrected chi connectivity index (χ2v) is 6.44. The van der Waals surface area contributed by atoms with E-state index < -0.39 is 0 Å². The first-order chi connectivity index (χ1) is 13.6. The molecule has 3 aromatic rings. The molecule has 0 atom stereocenters. The Kier molecular flexibility index (Phi) is 4.89. The van der Waals surface area contributed by atoms with E-state index in [0.717, 1.165) is 5.39 Å². The number of carbonyl (C=O) groups excluding carboxylic acids is 1. The summed E-state index contributed by atoms with van der Waals surface area (Å²) in [5.74, 6) is 1.80. The maximum absolute atomic E-state index is 12.4. The van der Waals surface area contributed by atoms with Crippen molar-refractivity contribution in [2.24, 2.45) is 0 Å². The van der Waals surface area contributed by atoms with Gasteiger partial charge >= 0.3 is 0 Å². The summed E-state index contributed by atoms with van der Waals surface area (Å²) in [5, 5.41) is 3.69. The topological polar surface area (TPSA) is 89.7 Å². The third-order valence-electron chi connectivity index (χ3n) is 4.62. The number of aromatic amines is 1. The Hall–Kier alpha value is -3.48. The van der Waals surface area contributed by atoms with Crippen LogP contribution in [0.25, 0.3) is 10.9 Å². The van der Waals surface area contributed by atoms with Gasteiger partial charge in [0.15, 0.2) is 11.5 Å². The van der Waals surface area contributed by atoms with E-state index in [0.29, 0.717) is 60.1 Å². The van der Waals surface area contributed by atoms with Crippen molar-refractivity contribution in [3.8, 4) is 17.2 Å². The summed E-state index contributed by atoms with van der Waals surface area (Å²) < 4.78 is 16.2. The quantitative estimate of drug-likeness (QED) is 0.709. The van der Waals surface area contributed by atoms with Crippen molar-refractivity contribution in [3.63, 3.8) is 0 Å². The monoisotopic (exact) mass is 380 g/mol. The minimum atomic E-state index is -0.195. The molecule has 4 rings (SSSR count). The van der Waals surface area contributed by atoms with Gasteiger partial charge in [0.05, 0.1) is 12.6 Å². The Bertz CT molecular complexity index is 1070. The van der Waals surface area contributed by atoms with Crippen LogP contribution < -0.4 is 25.1 Å². The number of hydrogen-bond donors (Lipinski definition) is 2. The lowest BCUT2D eigenvalue weighted by Crippen LogP contribution is -2.27. The molecule has 2 heterocycles. The van der Waals surface area contributed by atoms with E-state index in [1.807, 2.05) is 12.1 Å². The molecule has 1 aliphatic rings. The normalized spacial score (nSPS) is 12.6. The zero-order valence-corrected chi connectivity index (χ0v) is 15.4. The molecule has 0 saturated heterocycles. The van der Waals surface area contributed by atoms with E-state index in [1.54, 1.807) is 37.4 Å². The van der Waals surface area contributed by atoms with Gasteiger partial charge in [0, 0.05) is 29.1 Å². The average Bonchev–Trinajstić information content (AvgIpc) is 2.72. The lowest BCUT2D eigenvalue weighted by Gasteiger charge is -2.18. The predicted octanol–water partition coefficient (Wildman–Crippen LogP) is 2.28. The second kappa shape index (κ2) is 7.64. The Balaban J connectivity index is 1.46. The largest absolute Gasteiger partial charge is 0.497 e. The molecule has 2 aromatic carbocycles. The molecule has 0 saturated carbocycles. The Morgan fingerprint density at radius 2 is 1.82 bits per heavy atom. The lowest BCUT2D eigenvalue weighted by molar-refractivity contribution is 0.0954. The van der Waals surface area contributed by atoms with E-state index in [1.165, 1.54) is 0 Å². The molecule has 0 aliphatic carbocycles. The molecule has 0 unspecified atom stereocenters. The maximum atomic E-state index is 12.4. The molecule has 144 valence electrons. The molecule has 1 aliphatic heterocycles. The van der Waals surface area contributed by atoms with Gasteiger partial charge in [0.2, 0.25) is 0 Å². The smallest absolute Gasteiger partial charge is 0.251 e. The molecule has 2 N–H and O–H groups in total. The summed E-state index contributed by atoms with van der Waals surface area (Å²) in [4.78, 5) is 27.5. The summed E-state index contributed by atoms with van der Waals surface area (Å²) in [7, 11) is 1.57. The highest BCUT2D eigenvalue weighted by molar-refractivity contribution is 5.94. The van der Waals surface area contributed by atoms with E-state index in [-0.39, 0.29) is 11.5 Å². The molecular weight excluding hydrogens is 360 g/mol. The lowest BCUT2D eigenvalue weighted by atomic mass is 10.1. The number of pyridine rings is 1. The fraction of sp³-hybridized carbons (Fsp3) is 0.238. The zero-order chi connectivity index (χ0) is 19.5. The fourth-order valence-corrected chi connectivity index (χ4v) is 3.13. The SMILES string of the molecule is COc1ccc(C(=O)NCCc2cc3cc4c(cc3[nH]c2=O)OCCO4)cc1. The molecule has 0 bridgehead atoms. The van der Waals surface area contributed by atoms with E-state index >= 15 is 0 Å². The second-order valence-electron chi connectivity index (χ2n) is 6.44. The molecule has 28 heavy (non-hydrogen) atoms. The molecule has 1 aromatic heterocycles. The number of rotatable bonds is 5. The first-order valence-electron chi connectivity index (χ1n) is 9.02. The van der Waals surface area contributed by atoms with Crippen LogP contribution in [-0.4, -0.2) is 37.8 Å². The van der Waals surface area contributed by atoms with Gasteiger partial charge in [-0.15, -0.1) is 0 Å². The Morgan fingerprint density at radius 3 is 2.54 bits per heavy atom. The summed E-state index contributed by atoms with van der Waals surface area (Å²) >= 11 is 0. The van der Waals surface area contributed by atoms with Gasteiger partial charge in [-0.05, 0) is 42.8 Å². The number of aromatic nitrogens is 1. The van der Waals surface area contributed by atoms with Gasteiger partial charge in [-0.2, -0.15) is 0 Å². The predicted molar refractivity (Wildman–Crippen MR) is 105 cm³/mol. The van der Waals surface area contributed by atoms with Crippen LogP contribution in [0.2, 0.25) is 0 Å². The van der Waals surface area contributed by atoms with Gasteiger partial charge in [-0.1, -0.05) is 0 Å². The summed E-state index contributed by atoms with van der Waals surface area (Å²) in [6.07, 6.45) is 0.418. The van der Waals surface area contributed by atoms with Crippen LogP contribution >= 0.6 is 0 Å². The van der Waals surface area contributed by atoms with Crippen molar-refractivity contribution in [3.05, 3.63) is 63.9 Å². The van der Waals surface area contributed by atoms with Gasteiger partial charge in [0.25, 0.3) is 11.5 Å². The van der Waals surface area contributed by atoms with E-state index in [4.69, 9.17) is 14.2 Å². The van der Waals surface area contributed by atoms with Crippen molar-refractivity contribution < 1.29 is 19.0 Å². The average molecular weight is 380 g/mol. The third kappa shape index (κ3) is 3.64. The number of nitrogens with one attached hydrogen (secondary N) is 2. The number of H-pyrrole nitrogens is 1.